The molecule has 0 aromatic carbocycles. The molecule has 2 aliphatic rings. The van der Waals surface area contributed by atoms with Gasteiger partial charge >= 0.3 is 12.0 Å². The van der Waals surface area contributed by atoms with Gasteiger partial charge in [0.1, 0.15) is 6.04 Å². The van der Waals surface area contributed by atoms with Gasteiger partial charge in [0.25, 0.3) is 0 Å². The molecule has 19 heavy (non-hydrogen) atoms. The van der Waals surface area contributed by atoms with E-state index in [4.69, 9.17) is 0 Å². The van der Waals surface area contributed by atoms with Gasteiger partial charge < -0.3 is 15.3 Å². The monoisotopic (exact) mass is 268 g/mol. The van der Waals surface area contributed by atoms with Crippen LogP contribution in [-0.4, -0.2) is 41.1 Å². The lowest BCUT2D eigenvalue weighted by atomic mass is 9.76. The summed E-state index contributed by atoms with van der Waals surface area (Å²) in [5, 5.41) is 12.3. The summed E-state index contributed by atoms with van der Waals surface area (Å²) in [5.41, 5.74) is -0.363. The predicted octanol–water partition coefficient (Wildman–Crippen LogP) is 2.07. The molecule has 5 heteroatoms. The Kier molecular flexibility index (Phi) is 4.02. The molecule has 1 aliphatic heterocycles. The van der Waals surface area contributed by atoms with Crippen molar-refractivity contribution in [3.8, 4) is 0 Å². The van der Waals surface area contributed by atoms with Crippen LogP contribution in [0.3, 0.4) is 0 Å². The van der Waals surface area contributed by atoms with E-state index in [1.54, 1.807) is 0 Å². The van der Waals surface area contributed by atoms with Gasteiger partial charge in [0.05, 0.1) is 0 Å². The van der Waals surface area contributed by atoms with Gasteiger partial charge in [-0.2, -0.15) is 0 Å². The standard InChI is InChI=1S/C14H24N2O3/c1-14(2)7-3-9-16(11(14)12(17)18)13(19)15-8-6-10-4-5-10/h10-11H,3-9H2,1-2H3,(H,15,19)(H,17,18). The third kappa shape index (κ3) is 3.39. The maximum absolute atomic E-state index is 12.2. The minimum atomic E-state index is -0.901. The number of hydrogen-bond donors (Lipinski definition) is 2. The zero-order valence-electron chi connectivity index (χ0n) is 11.8. The summed E-state index contributed by atoms with van der Waals surface area (Å²) in [6, 6.07) is -0.942. The SMILES string of the molecule is CC1(C)CCCN(C(=O)NCCC2CC2)C1C(=O)O. The molecule has 1 saturated heterocycles. The van der Waals surface area contributed by atoms with Gasteiger partial charge in [0, 0.05) is 13.1 Å². The Balaban J connectivity index is 1.94. The number of carbonyl (C=O) groups excluding carboxylic acids is 1. The highest BCUT2D eigenvalue weighted by Gasteiger charge is 2.44. The summed E-state index contributed by atoms with van der Waals surface area (Å²) in [4.78, 5) is 25.1. The summed E-state index contributed by atoms with van der Waals surface area (Å²) in [6.45, 7) is 5.05. The fourth-order valence-corrected chi connectivity index (χ4v) is 2.97. The van der Waals surface area contributed by atoms with Gasteiger partial charge in [-0.1, -0.05) is 26.7 Å². The van der Waals surface area contributed by atoms with Gasteiger partial charge in [0.15, 0.2) is 0 Å². The van der Waals surface area contributed by atoms with Crippen molar-refractivity contribution in [1.29, 1.82) is 0 Å². The molecule has 108 valence electrons. The first-order valence-electron chi connectivity index (χ1n) is 7.19. The Hall–Kier alpha value is -1.26. The lowest BCUT2D eigenvalue weighted by Gasteiger charge is -2.43. The second-order valence-electron chi connectivity index (χ2n) is 6.49. The van der Waals surface area contributed by atoms with E-state index in [1.807, 2.05) is 13.8 Å². The van der Waals surface area contributed by atoms with Gasteiger partial charge in [0.2, 0.25) is 0 Å². The molecule has 1 saturated carbocycles. The van der Waals surface area contributed by atoms with Crippen LogP contribution in [0.4, 0.5) is 4.79 Å². The zero-order valence-corrected chi connectivity index (χ0v) is 11.8. The van der Waals surface area contributed by atoms with Gasteiger partial charge in [-0.3, -0.25) is 0 Å². The Morgan fingerprint density at radius 2 is 2.05 bits per heavy atom. The molecule has 2 rings (SSSR count). The Labute approximate surface area is 114 Å². The first-order valence-corrected chi connectivity index (χ1v) is 7.19. The number of urea groups is 1. The predicted molar refractivity (Wildman–Crippen MR) is 71.9 cm³/mol. The molecule has 1 aliphatic carbocycles. The van der Waals surface area contributed by atoms with Crippen molar-refractivity contribution in [2.45, 2.75) is 52.0 Å². The molecule has 1 unspecified atom stereocenters. The number of nitrogens with one attached hydrogen (secondary N) is 1. The van der Waals surface area contributed by atoms with Crippen molar-refractivity contribution in [2.75, 3.05) is 13.1 Å². The van der Waals surface area contributed by atoms with E-state index >= 15 is 0 Å². The van der Waals surface area contributed by atoms with Crippen LogP contribution in [0.5, 0.6) is 0 Å². The fourth-order valence-electron chi connectivity index (χ4n) is 2.97. The van der Waals surface area contributed by atoms with Crippen LogP contribution in [0.1, 0.15) is 46.0 Å². The number of nitrogens with zero attached hydrogens (tertiary/aromatic N) is 1. The number of aliphatic carboxylic acids is 1. The molecular formula is C14H24N2O3. The van der Waals surface area contributed by atoms with Crippen molar-refractivity contribution in [2.24, 2.45) is 11.3 Å². The first kappa shape index (κ1) is 14.2. The van der Waals surface area contributed by atoms with Crippen LogP contribution in [0.2, 0.25) is 0 Å². The first-order chi connectivity index (χ1) is 8.92. The molecule has 0 aromatic rings. The number of carboxylic acid groups (broad SMARTS) is 1. The van der Waals surface area contributed by atoms with Gasteiger partial charge in [-0.15, -0.1) is 0 Å². The normalized spacial score (nSPS) is 26.0. The lowest BCUT2D eigenvalue weighted by Crippen LogP contribution is -2.58. The molecule has 0 aromatic heterocycles. The summed E-state index contributed by atoms with van der Waals surface area (Å²) in [5.74, 6) is -0.129. The minimum Gasteiger partial charge on any atom is -0.480 e. The van der Waals surface area contributed by atoms with Gasteiger partial charge in [-0.25, -0.2) is 9.59 Å². The molecule has 5 nitrogen and oxygen atoms in total. The number of carboxylic acids is 1. The Bertz CT molecular complexity index is 364. The van der Waals surface area contributed by atoms with E-state index in [9.17, 15) is 14.7 Å². The smallest absolute Gasteiger partial charge is 0.327 e. The molecule has 0 spiro atoms. The van der Waals surface area contributed by atoms with Crippen LogP contribution >= 0.6 is 0 Å². The number of hydrogen-bond acceptors (Lipinski definition) is 2. The highest BCUT2D eigenvalue weighted by molar-refractivity contribution is 5.83. The second kappa shape index (κ2) is 5.39. The third-order valence-electron chi connectivity index (χ3n) is 4.29. The highest BCUT2D eigenvalue weighted by Crippen LogP contribution is 2.35. The van der Waals surface area contributed by atoms with E-state index < -0.39 is 12.0 Å². The Morgan fingerprint density at radius 3 is 2.63 bits per heavy atom. The van der Waals surface area contributed by atoms with Gasteiger partial charge in [-0.05, 0) is 30.6 Å². The summed E-state index contributed by atoms with van der Waals surface area (Å²) in [6.07, 6.45) is 5.26. The van der Waals surface area contributed by atoms with E-state index in [1.165, 1.54) is 17.7 Å². The van der Waals surface area contributed by atoms with E-state index in [-0.39, 0.29) is 11.4 Å². The topological polar surface area (TPSA) is 69.6 Å². The average Bonchev–Trinajstić information content (AvgIpc) is 3.10. The van der Waals surface area contributed by atoms with Crippen LogP contribution < -0.4 is 5.32 Å². The van der Waals surface area contributed by atoms with Crippen LogP contribution in [-0.2, 0) is 4.79 Å². The quantitative estimate of drug-likeness (QED) is 0.820. The number of piperidine rings is 1. The van der Waals surface area contributed by atoms with Crippen molar-refractivity contribution in [1.82, 2.24) is 10.2 Å². The van der Waals surface area contributed by atoms with E-state index in [0.717, 1.165) is 25.2 Å². The highest BCUT2D eigenvalue weighted by atomic mass is 16.4. The van der Waals surface area contributed by atoms with Crippen molar-refractivity contribution >= 4 is 12.0 Å². The maximum atomic E-state index is 12.2. The molecule has 2 fully saturated rings. The molecule has 0 bridgehead atoms. The minimum absolute atomic E-state index is 0.221. The summed E-state index contributed by atoms with van der Waals surface area (Å²) < 4.78 is 0. The third-order valence-corrected chi connectivity index (χ3v) is 4.29. The number of likely N-dealkylation sites (tertiary alicyclic amines) is 1. The molecule has 1 heterocycles. The van der Waals surface area contributed by atoms with Crippen LogP contribution in [0, 0.1) is 11.3 Å². The molecule has 2 N–H and O–H groups in total. The maximum Gasteiger partial charge on any atom is 0.327 e. The zero-order chi connectivity index (χ0) is 14.0. The molecule has 0 radical (unpaired) electrons. The molecular weight excluding hydrogens is 244 g/mol. The molecule has 1 atom stereocenters. The van der Waals surface area contributed by atoms with Crippen molar-refractivity contribution in [3.05, 3.63) is 0 Å². The second-order valence-corrected chi connectivity index (χ2v) is 6.49. The molecule has 2 amide bonds. The summed E-state index contributed by atoms with van der Waals surface area (Å²) >= 11 is 0. The van der Waals surface area contributed by atoms with Crippen molar-refractivity contribution < 1.29 is 14.7 Å². The van der Waals surface area contributed by atoms with Crippen LogP contribution in [0.15, 0.2) is 0 Å². The number of rotatable bonds is 4. The Morgan fingerprint density at radius 1 is 1.37 bits per heavy atom. The summed E-state index contributed by atoms with van der Waals surface area (Å²) in [7, 11) is 0. The van der Waals surface area contributed by atoms with Crippen molar-refractivity contribution in [3.63, 3.8) is 0 Å². The fraction of sp³-hybridized carbons (Fsp3) is 0.857. The number of amides is 2. The van der Waals surface area contributed by atoms with E-state index in [0.29, 0.717) is 13.1 Å². The average molecular weight is 268 g/mol. The lowest BCUT2D eigenvalue weighted by molar-refractivity contribution is -0.148. The number of carbonyl (C=O) groups is 2. The largest absolute Gasteiger partial charge is 0.480 e. The van der Waals surface area contributed by atoms with E-state index in [2.05, 4.69) is 5.32 Å². The van der Waals surface area contributed by atoms with Crippen LogP contribution in [0.25, 0.3) is 0 Å².